The standard InChI is InChI=1S/C23H26N2O5/c1-16-5-3-4-6-20(16)22(27)25-13-11-17(12-14-25)23(28)30-15-21(26)24-18-7-9-19(29-2)10-8-18/h3-10,17H,11-15H2,1-2H3,(H,24,26). The molecule has 0 unspecified atom stereocenters. The summed E-state index contributed by atoms with van der Waals surface area (Å²) >= 11 is 0. The molecule has 0 atom stereocenters. The quantitative estimate of drug-likeness (QED) is 0.740. The highest BCUT2D eigenvalue weighted by molar-refractivity contribution is 5.96. The summed E-state index contributed by atoms with van der Waals surface area (Å²) in [7, 11) is 1.57. The minimum atomic E-state index is -0.402. The van der Waals surface area contributed by atoms with Gasteiger partial charge in [0.2, 0.25) is 0 Å². The van der Waals surface area contributed by atoms with Crippen LogP contribution in [0.15, 0.2) is 48.5 Å². The Balaban J connectivity index is 1.43. The smallest absolute Gasteiger partial charge is 0.309 e. The van der Waals surface area contributed by atoms with Crippen molar-refractivity contribution in [3.05, 3.63) is 59.7 Å². The van der Waals surface area contributed by atoms with E-state index in [0.717, 1.165) is 5.56 Å². The van der Waals surface area contributed by atoms with Gasteiger partial charge in [0.15, 0.2) is 6.61 Å². The van der Waals surface area contributed by atoms with Gasteiger partial charge in [-0.25, -0.2) is 0 Å². The summed E-state index contributed by atoms with van der Waals surface area (Å²) in [5, 5.41) is 2.67. The number of benzene rings is 2. The number of nitrogens with zero attached hydrogens (tertiary/aromatic N) is 1. The van der Waals surface area contributed by atoms with Crippen LogP contribution < -0.4 is 10.1 Å². The van der Waals surface area contributed by atoms with Crippen molar-refractivity contribution in [2.24, 2.45) is 5.92 Å². The zero-order valence-corrected chi connectivity index (χ0v) is 17.2. The van der Waals surface area contributed by atoms with Crippen LogP contribution in [0.25, 0.3) is 0 Å². The van der Waals surface area contributed by atoms with Gasteiger partial charge < -0.3 is 19.7 Å². The number of nitrogens with one attached hydrogen (secondary N) is 1. The predicted molar refractivity (Wildman–Crippen MR) is 112 cm³/mol. The minimum absolute atomic E-state index is 0.0150. The molecule has 1 fully saturated rings. The molecule has 1 saturated heterocycles. The summed E-state index contributed by atoms with van der Waals surface area (Å²) in [5.41, 5.74) is 2.22. The van der Waals surface area contributed by atoms with Crippen LogP contribution in [0.1, 0.15) is 28.8 Å². The molecule has 0 radical (unpaired) electrons. The molecule has 0 aliphatic carbocycles. The van der Waals surface area contributed by atoms with Gasteiger partial charge in [-0.3, -0.25) is 14.4 Å². The highest BCUT2D eigenvalue weighted by Crippen LogP contribution is 2.21. The number of carbonyl (C=O) groups is 3. The number of aryl methyl sites for hydroxylation is 1. The largest absolute Gasteiger partial charge is 0.497 e. The van der Waals surface area contributed by atoms with E-state index in [4.69, 9.17) is 9.47 Å². The second-order valence-electron chi connectivity index (χ2n) is 7.27. The Labute approximate surface area is 176 Å². The molecule has 1 aliphatic heterocycles. The molecule has 0 saturated carbocycles. The Morgan fingerprint density at radius 3 is 2.33 bits per heavy atom. The highest BCUT2D eigenvalue weighted by Gasteiger charge is 2.29. The van der Waals surface area contributed by atoms with Crippen LogP contribution in [0.5, 0.6) is 5.75 Å². The topological polar surface area (TPSA) is 84.9 Å². The van der Waals surface area contributed by atoms with Crippen molar-refractivity contribution in [3.63, 3.8) is 0 Å². The van der Waals surface area contributed by atoms with E-state index in [1.54, 1.807) is 36.3 Å². The second kappa shape index (κ2) is 9.91. The maximum absolute atomic E-state index is 12.7. The van der Waals surface area contributed by atoms with E-state index in [1.807, 2.05) is 31.2 Å². The van der Waals surface area contributed by atoms with Crippen molar-refractivity contribution in [1.82, 2.24) is 4.90 Å². The third-order valence-electron chi connectivity index (χ3n) is 5.21. The summed E-state index contributed by atoms with van der Waals surface area (Å²) in [6, 6.07) is 14.4. The molecule has 0 aromatic heterocycles. The van der Waals surface area contributed by atoms with Gasteiger partial charge in [-0.15, -0.1) is 0 Å². The number of anilines is 1. The average Bonchev–Trinajstić information content (AvgIpc) is 2.78. The average molecular weight is 410 g/mol. The number of likely N-dealkylation sites (tertiary alicyclic amines) is 1. The van der Waals surface area contributed by atoms with Gasteiger partial charge in [0.1, 0.15) is 5.75 Å². The van der Waals surface area contributed by atoms with E-state index >= 15 is 0 Å². The Bertz CT molecular complexity index is 902. The monoisotopic (exact) mass is 410 g/mol. The predicted octanol–water partition coefficient (Wildman–Crippen LogP) is 3.04. The minimum Gasteiger partial charge on any atom is -0.497 e. The van der Waals surface area contributed by atoms with Crippen LogP contribution in [0.4, 0.5) is 5.69 Å². The summed E-state index contributed by atoms with van der Waals surface area (Å²) in [6.07, 6.45) is 1.05. The zero-order valence-electron chi connectivity index (χ0n) is 17.2. The molecule has 158 valence electrons. The molecule has 3 rings (SSSR count). The van der Waals surface area contributed by atoms with E-state index < -0.39 is 11.9 Å². The molecule has 0 bridgehead atoms. The third-order valence-corrected chi connectivity index (χ3v) is 5.21. The number of amides is 2. The van der Waals surface area contributed by atoms with Crippen molar-refractivity contribution in [1.29, 1.82) is 0 Å². The van der Waals surface area contributed by atoms with Gasteiger partial charge in [-0.1, -0.05) is 18.2 Å². The van der Waals surface area contributed by atoms with Crippen molar-refractivity contribution in [2.45, 2.75) is 19.8 Å². The summed E-state index contributed by atoms with van der Waals surface area (Å²) in [4.78, 5) is 38.8. The van der Waals surface area contributed by atoms with E-state index in [9.17, 15) is 14.4 Å². The van der Waals surface area contributed by atoms with Crippen LogP contribution in [0, 0.1) is 12.8 Å². The van der Waals surface area contributed by atoms with Crippen molar-refractivity contribution < 1.29 is 23.9 Å². The number of carbonyl (C=O) groups excluding carboxylic acids is 3. The van der Waals surface area contributed by atoms with Gasteiger partial charge >= 0.3 is 5.97 Å². The van der Waals surface area contributed by atoms with Gasteiger partial charge in [0.25, 0.3) is 11.8 Å². The molecule has 1 N–H and O–H groups in total. The van der Waals surface area contributed by atoms with E-state index in [-0.39, 0.29) is 18.4 Å². The Morgan fingerprint density at radius 2 is 1.70 bits per heavy atom. The lowest BCUT2D eigenvalue weighted by Gasteiger charge is -2.31. The van der Waals surface area contributed by atoms with Crippen LogP contribution in [0.3, 0.4) is 0 Å². The molecule has 0 spiro atoms. The van der Waals surface area contributed by atoms with Crippen LogP contribution in [0.2, 0.25) is 0 Å². The van der Waals surface area contributed by atoms with Crippen LogP contribution >= 0.6 is 0 Å². The molecule has 2 amide bonds. The van der Waals surface area contributed by atoms with Gasteiger partial charge in [0.05, 0.1) is 13.0 Å². The second-order valence-corrected chi connectivity index (χ2v) is 7.27. The maximum Gasteiger partial charge on any atom is 0.309 e. The molecule has 2 aromatic rings. The zero-order chi connectivity index (χ0) is 21.5. The molecule has 7 nitrogen and oxygen atoms in total. The lowest BCUT2D eigenvalue weighted by Crippen LogP contribution is -2.41. The molecule has 1 aliphatic rings. The Kier molecular flexibility index (Phi) is 7.06. The van der Waals surface area contributed by atoms with Crippen molar-refractivity contribution in [3.8, 4) is 5.75 Å². The van der Waals surface area contributed by atoms with Crippen LogP contribution in [-0.2, 0) is 14.3 Å². The molecule has 7 heteroatoms. The number of piperidine rings is 1. The van der Waals surface area contributed by atoms with E-state index in [2.05, 4.69) is 5.32 Å². The fourth-order valence-electron chi connectivity index (χ4n) is 3.43. The molecule has 2 aromatic carbocycles. The third kappa shape index (κ3) is 5.37. The summed E-state index contributed by atoms with van der Waals surface area (Å²) in [5.74, 6) is -0.436. The highest BCUT2D eigenvalue weighted by atomic mass is 16.5. The Morgan fingerprint density at radius 1 is 1.03 bits per heavy atom. The number of hydrogen-bond donors (Lipinski definition) is 1. The number of methoxy groups -OCH3 is 1. The summed E-state index contributed by atoms with van der Waals surface area (Å²) < 4.78 is 10.2. The first-order chi connectivity index (χ1) is 14.5. The molecular formula is C23H26N2O5. The summed E-state index contributed by atoms with van der Waals surface area (Å²) in [6.45, 7) is 2.55. The number of rotatable bonds is 6. The lowest BCUT2D eigenvalue weighted by atomic mass is 9.96. The number of ether oxygens (including phenoxy) is 2. The SMILES string of the molecule is COc1ccc(NC(=O)COC(=O)C2CCN(C(=O)c3ccccc3C)CC2)cc1. The first-order valence-corrected chi connectivity index (χ1v) is 9.93. The fourth-order valence-corrected chi connectivity index (χ4v) is 3.43. The van der Waals surface area contributed by atoms with Crippen molar-refractivity contribution in [2.75, 3.05) is 32.1 Å². The first-order valence-electron chi connectivity index (χ1n) is 9.93. The maximum atomic E-state index is 12.7. The molecule has 1 heterocycles. The van der Waals surface area contributed by atoms with Crippen LogP contribution in [-0.4, -0.2) is 49.5 Å². The fraction of sp³-hybridized carbons (Fsp3) is 0.348. The van der Waals surface area contributed by atoms with Gasteiger partial charge in [-0.2, -0.15) is 0 Å². The van der Waals surface area contributed by atoms with Gasteiger partial charge in [-0.05, 0) is 55.7 Å². The van der Waals surface area contributed by atoms with E-state index in [1.165, 1.54) is 0 Å². The Hall–Kier alpha value is -3.35. The van der Waals surface area contributed by atoms with Gasteiger partial charge in [0, 0.05) is 24.3 Å². The normalized spacial score (nSPS) is 14.1. The molecular weight excluding hydrogens is 384 g/mol. The number of hydrogen-bond acceptors (Lipinski definition) is 5. The first kappa shape index (κ1) is 21.4. The van der Waals surface area contributed by atoms with E-state index in [0.29, 0.717) is 42.9 Å². The lowest BCUT2D eigenvalue weighted by molar-refractivity contribution is -0.152. The van der Waals surface area contributed by atoms with Crippen molar-refractivity contribution >= 4 is 23.5 Å². The number of esters is 1. The molecule has 30 heavy (non-hydrogen) atoms.